The van der Waals surface area contributed by atoms with Crippen LogP contribution in [0.2, 0.25) is 0 Å². The normalized spacial score (nSPS) is 20.4. The standard InChI is InChI=1S/C36H33NO10/c37-21-22-42-36-31(47-35(41)27-19-11-4-12-20-27)30(46-34(40)26-17-9-3-10-18-26)29(45-33(39)25-15-7-2-8-16-25)28(44-36)23-43-32(38)24-13-5-1-6-14-24/h1-20,28-31,36H,21-23,37H2/t28-,29-,30+,31+,36+/m1/s1. The van der Waals surface area contributed by atoms with Gasteiger partial charge in [-0.15, -0.1) is 0 Å². The second-order valence-electron chi connectivity index (χ2n) is 10.4. The van der Waals surface area contributed by atoms with Crippen molar-refractivity contribution in [2.45, 2.75) is 30.7 Å². The molecule has 11 nitrogen and oxygen atoms in total. The number of carbonyl (C=O) groups is 4. The monoisotopic (exact) mass is 639 g/mol. The quantitative estimate of drug-likeness (QED) is 0.175. The highest BCUT2D eigenvalue weighted by atomic mass is 16.7. The van der Waals surface area contributed by atoms with Crippen molar-refractivity contribution in [1.82, 2.24) is 0 Å². The van der Waals surface area contributed by atoms with Crippen LogP contribution in [0.1, 0.15) is 41.4 Å². The zero-order valence-corrected chi connectivity index (χ0v) is 25.2. The van der Waals surface area contributed by atoms with E-state index in [1.54, 1.807) is 121 Å². The van der Waals surface area contributed by atoms with E-state index < -0.39 is 61.2 Å². The number of hydrogen-bond acceptors (Lipinski definition) is 11. The first-order chi connectivity index (χ1) is 22.9. The summed E-state index contributed by atoms with van der Waals surface area (Å²) >= 11 is 0. The van der Waals surface area contributed by atoms with Crippen LogP contribution >= 0.6 is 0 Å². The fraction of sp³-hybridized carbons (Fsp3) is 0.222. The Balaban J connectivity index is 1.53. The van der Waals surface area contributed by atoms with Gasteiger partial charge in [0, 0.05) is 6.54 Å². The first-order valence-corrected chi connectivity index (χ1v) is 14.9. The van der Waals surface area contributed by atoms with Crippen molar-refractivity contribution in [3.63, 3.8) is 0 Å². The number of ether oxygens (including phenoxy) is 6. The van der Waals surface area contributed by atoms with E-state index in [9.17, 15) is 19.2 Å². The van der Waals surface area contributed by atoms with Crippen molar-refractivity contribution >= 4 is 23.9 Å². The van der Waals surface area contributed by atoms with Gasteiger partial charge >= 0.3 is 23.9 Å². The van der Waals surface area contributed by atoms with Crippen molar-refractivity contribution in [3.8, 4) is 0 Å². The zero-order valence-electron chi connectivity index (χ0n) is 25.2. The molecule has 242 valence electrons. The zero-order chi connectivity index (χ0) is 33.0. The summed E-state index contributed by atoms with van der Waals surface area (Å²) < 4.78 is 35.4. The predicted molar refractivity (Wildman–Crippen MR) is 167 cm³/mol. The molecule has 0 aromatic heterocycles. The summed E-state index contributed by atoms with van der Waals surface area (Å²) in [5.41, 5.74) is 6.58. The highest BCUT2D eigenvalue weighted by molar-refractivity contribution is 5.91. The third kappa shape index (κ3) is 8.67. The Morgan fingerprint density at radius 3 is 1.34 bits per heavy atom. The highest BCUT2D eigenvalue weighted by Gasteiger charge is 2.53. The SMILES string of the molecule is NCCO[C@H]1O[C@H](COC(=O)c2ccccc2)[C@@H](OC(=O)c2ccccc2)[C@H](OC(=O)c2ccccc2)[C@@H]1OC(=O)c1ccccc1. The minimum absolute atomic E-state index is 0.0333. The third-order valence-electron chi connectivity index (χ3n) is 7.14. The second kappa shape index (κ2) is 16.3. The number of carbonyl (C=O) groups excluding carboxylic acids is 4. The van der Waals surface area contributed by atoms with Crippen LogP contribution in [0.4, 0.5) is 0 Å². The molecule has 47 heavy (non-hydrogen) atoms. The lowest BCUT2D eigenvalue weighted by molar-refractivity contribution is -0.297. The Bertz CT molecular complexity index is 1620. The molecule has 11 heteroatoms. The summed E-state index contributed by atoms with van der Waals surface area (Å²) in [5.74, 6) is -3.02. The largest absolute Gasteiger partial charge is 0.459 e. The van der Waals surface area contributed by atoms with Gasteiger partial charge in [0.25, 0.3) is 0 Å². The minimum atomic E-state index is -1.49. The van der Waals surface area contributed by atoms with E-state index in [2.05, 4.69) is 0 Å². The molecular weight excluding hydrogens is 606 g/mol. The van der Waals surface area contributed by atoms with Crippen LogP contribution in [0, 0.1) is 0 Å². The number of rotatable bonds is 12. The molecule has 0 unspecified atom stereocenters. The molecule has 1 aliphatic heterocycles. The summed E-state index contributed by atoms with van der Waals surface area (Å²) in [6.45, 7) is -0.399. The maximum absolute atomic E-state index is 13.5. The maximum Gasteiger partial charge on any atom is 0.338 e. The van der Waals surface area contributed by atoms with Crippen molar-refractivity contribution in [3.05, 3.63) is 144 Å². The van der Waals surface area contributed by atoms with E-state index in [0.717, 1.165) is 0 Å². The van der Waals surface area contributed by atoms with Gasteiger partial charge in [-0.3, -0.25) is 0 Å². The van der Waals surface area contributed by atoms with Crippen LogP contribution in [0.5, 0.6) is 0 Å². The summed E-state index contributed by atoms with van der Waals surface area (Å²) in [6.07, 6.45) is -6.98. The first kappa shape index (κ1) is 33.0. The summed E-state index contributed by atoms with van der Waals surface area (Å²) in [5, 5.41) is 0. The van der Waals surface area contributed by atoms with Gasteiger partial charge in [0.2, 0.25) is 0 Å². The van der Waals surface area contributed by atoms with Crippen molar-refractivity contribution in [2.75, 3.05) is 19.8 Å². The second-order valence-corrected chi connectivity index (χ2v) is 10.4. The van der Waals surface area contributed by atoms with E-state index in [4.69, 9.17) is 34.2 Å². The average Bonchev–Trinajstić information content (AvgIpc) is 3.13. The van der Waals surface area contributed by atoms with E-state index in [-0.39, 0.29) is 35.4 Å². The number of benzene rings is 4. The molecule has 0 amide bonds. The van der Waals surface area contributed by atoms with E-state index in [1.807, 2.05) is 0 Å². The topological polar surface area (TPSA) is 150 Å². The van der Waals surface area contributed by atoms with Crippen molar-refractivity contribution in [2.24, 2.45) is 5.73 Å². The van der Waals surface area contributed by atoms with Gasteiger partial charge < -0.3 is 34.2 Å². The fourth-order valence-corrected chi connectivity index (χ4v) is 4.85. The lowest BCUT2D eigenvalue weighted by Gasteiger charge is -2.44. The first-order valence-electron chi connectivity index (χ1n) is 14.9. The Hall–Kier alpha value is -5.36. The Kier molecular flexibility index (Phi) is 11.4. The lowest BCUT2D eigenvalue weighted by atomic mass is 9.97. The molecule has 0 bridgehead atoms. The molecule has 5 rings (SSSR count). The highest BCUT2D eigenvalue weighted by Crippen LogP contribution is 2.31. The molecule has 1 heterocycles. The maximum atomic E-state index is 13.5. The molecular formula is C36H33NO10. The minimum Gasteiger partial charge on any atom is -0.459 e. The van der Waals surface area contributed by atoms with E-state index in [1.165, 1.54) is 0 Å². The average molecular weight is 640 g/mol. The lowest BCUT2D eigenvalue weighted by Crippen LogP contribution is -2.63. The summed E-state index contributed by atoms with van der Waals surface area (Å²) in [7, 11) is 0. The molecule has 0 spiro atoms. The smallest absolute Gasteiger partial charge is 0.338 e. The Labute approximate surface area is 271 Å². The molecule has 1 saturated heterocycles. The molecule has 0 radical (unpaired) electrons. The van der Waals surface area contributed by atoms with Gasteiger partial charge in [-0.2, -0.15) is 0 Å². The van der Waals surface area contributed by atoms with Gasteiger partial charge in [0.15, 0.2) is 24.6 Å². The molecule has 0 saturated carbocycles. The van der Waals surface area contributed by atoms with Crippen LogP contribution in [-0.2, 0) is 28.4 Å². The van der Waals surface area contributed by atoms with Crippen LogP contribution < -0.4 is 5.73 Å². The van der Waals surface area contributed by atoms with Crippen molar-refractivity contribution < 1.29 is 47.6 Å². The Morgan fingerprint density at radius 1 is 0.532 bits per heavy atom. The van der Waals surface area contributed by atoms with Crippen LogP contribution in [0.3, 0.4) is 0 Å². The summed E-state index contributed by atoms with van der Waals surface area (Å²) in [6, 6.07) is 32.7. The van der Waals surface area contributed by atoms with E-state index >= 15 is 0 Å². The molecule has 4 aromatic rings. The molecule has 4 aromatic carbocycles. The molecule has 5 atom stereocenters. The van der Waals surface area contributed by atoms with Crippen LogP contribution in [0.15, 0.2) is 121 Å². The van der Waals surface area contributed by atoms with Crippen LogP contribution in [0.25, 0.3) is 0 Å². The number of nitrogens with two attached hydrogens (primary N) is 1. The summed E-state index contributed by atoms with van der Waals surface area (Å²) in [4.78, 5) is 53.2. The van der Waals surface area contributed by atoms with Gasteiger partial charge in [-0.1, -0.05) is 72.8 Å². The molecule has 0 aliphatic carbocycles. The number of esters is 4. The number of hydrogen-bond donors (Lipinski definition) is 1. The van der Waals surface area contributed by atoms with E-state index in [0.29, 0.717) is 0 Å². The third-order valence-corrected chi connectivity index (χ3v) is 7.14. The molecule has 2 N–H and O–H groups in total. The van der Waals surface area contributed by atoms with Gasteiger partial charge in [0.05, 0.1) is 28.9 Å². The molecule has 1 aliphatic rings. The fourth-order valence-electron chi connectivity index (χ4n) is 4.85. The van der Waals surface area contributed by atoms with Gasteiger partial charge in [0.1, 0.15) is 12.7 Å². The predicted octanol–water partition coefficient (Wildman–Crippen LogP) is 4.22. The Morgan fingerprint density at radius 2 is 0.915 bits per heavy atom. The molecule has 1 fully saturated rings. The van der Waals surface area contributed by atoms with Gasteiger partial charge in [-0.25, -0.2) is 19.2 Å². The van der Waals surface area contributed by atoms with Crippen molar-refractivity contribution in [1.29, 1.82) is 0 Å². The van der Waals surface area contributed by atoms with Gasteiger partial charge in [-0.05, 0) is 48.5 Å². The van der Waals surface area contributed by atoms with Crippen LogP contribution in [-0.4, -0.2) is 74.3 Å².